The molecule has 152 valence electrons. The Hall–Kier alpha value is -3.55. The molecular formula is C21H21NO7. The number of carbonyl (C=O) groups is 1. The van der Waals surface area contributed by atoms with Crippen LogP contribution in [0.25, 0.3) is 6.08 Å². The van der Waals surface area contributed by atoms with E-state index in [4.69, 9.17) is 18.9 Å². The molecule has 0 saturated carbocycles. The molecule has 29 heavy (non-hydrogen) atoms. The van der Waals surface area contributed by atoms with E-state index in [1.807, 2.05) is 26.0 Å². The maximum absolute atomic E-state index is 12.2. The molecule has 0 aliphatic carbocycles. The minimum Gasteiger partial charge on any atom is -0.496 e. The third kappa shape index (κ3) is 4.66. The molecular weight excluding hydrogens is 378 g/mol. The summed E-state index contributed by atoms with van der Waals surface area (Å²) >= 11 is 0. The van der Waals surface area contributed by atoms with Gasteiger partial charge in [-0.05, 0) is 44.2 Å². The summed E-state index contributed by atoms with van der Waals surface area (Å²) in [6.45, 7) is 4.32. The van der Waals surface area contributed by atoms with Crippen molar-refractivity contribution in [3.8, 4) is 23.0 Å². The Morgan fingerprint density at radius 1 is 1.31 bits per heavy atom. The molecule has 0 saturated heterocycles. The van der Waals surface area contributed by atoms with E-state index in [-0.39, 0.29) is 17.5 Å². The number of benzene rings is 2. The topological polar surface area (TPSA) is 97.1 Å². The quantitative estimate of drug-likeness (QED) is 0.229. The second-order valence-corrected chi connectivity index (χ2v) is 6.41. The standard InChI is InChI=1S/C21H21NO7/c1-4-27-19-11-15-9-13(2)28-20(15)10-14(19)5-8-21(23)29-18-7-6-16(26-3)12-17(18)22(24)25/h5-8,10-13H,4,9H2,1-3H3/b8-5+. The third-order valence-electron chi connectivity index (χ3n) is 4.30. The molecule has 8 nitrogen and oxygen atoms in total. The highest BCUT2D eigenvalue weighted by Gasteiger charge is 2.22. The van der Waals surface area contributed by atoms with Gasteiger partial charge in [-0.25, -0.2) is 4.79 Å². The van der Waals surface area contributed by atoms with Crippen LogP contribution in [0.5, 0.6) is 23.0 Å². The number of methoxy groups -OCH3 is 1. The largest absolute Gasteiger partial charge is 0.496 e. The number of ether oxygens (including phenoxy) is 4. The lowest BCUT2D eigenvalue weighted by molar-refractivity contribution is -0.385. The molecule has 1 unspecified atom stereocenters. The summed E-state index contributed by atoms with van der Waals surface area (Å²) in [6, 6.07) is 7.70. The van der Waals surface area contributed by atoms with Crippen LogP contribution in [0.1, 0.15) is 25.0 Å². The highest BCUT2D eigenvalue weighted by Crippen LogP contribution is 2.36. The van der Waals surface area contributed by atoms with Gasteiger partial charge in [0.1, 0.15) is 23.4 Å². The fourth-order valence-electron chi connectivity index (χ4n) is 3.02. The first-order valence-corrected chi connectivity index (χ1v) is 9.10. The summed E-state index contributed by atoms with van der Waals surface area (Å²) < 4.78 is 21.5. The summed E-state index contributed by atoms with van der Waals surface area (Å²) in [5.74, 6) is 0.751. The van der Waals surface area contributed by atoms with Crippen molar-refractivity contribution in [2.24, 2.45) is 0 Å². The van der Waals surface area contributed by atoms with E-state index >= 15 is 0 Å². The third-order valence-corrected chi connectivity index (χ3v) is 4.30. The lowest BCUT2D eigenvalue weighted by atomic mass is 10.1. The summed E-state index contributed by atoms with van der Waals surface area (Å²) in [5.41, 5.74) is 1.34. The molecule has 0 amide bonds. The number of hydrogen-bond acceptors (Lipinski definition) is 7. The van der Waals surface area contributed by atoms with E-state index in [1.165, 1.54) is 37.5 Å². The number of nitrogens with zero attached hydrogens (tertiary/aromatic N) is 1. The molecule has 0 aromatic heterocycles. The number of hydrogen-bond donors (Lipinski definition) is 0. The van der Waals surface area contributed by atoms with Gasteiger partial charge in [-0.1, -0.05) is 0 Å². The number of rotatable bonds is 7. The van der Waals surface area contributed by atoms with Crippen LogP contribution < -0.4 is 18.9 Å². The minimum atomic E-state index is -0.754. The first-order chi connectivity index (χ1) is 13.9. The number of carbonyl (C=O) groups excluding carboxylic acids is 1. The van der Waals surface area contributed by atoms with E-state index < -0.39 is 10.9 Å². The molecule has 0 fully saturated rings. The highest BCUT2D eigenvalue weighted by atomic mass is 16.6. The molecule has 1 aliphatic rings. The molecule has 0 bridgehead atoms. The van der Waals surface area contributed by atoms with Gasteiger partial charge in [0.2, 0.25) is 5.75 Å². The normalized spacial score (nSPS) is 14.9. The average Bonchev–Trinajstić information content (AvgIpc) is 3.05. The predicted octanol–water partition coefficient (Wildman–Crippen LogP) is 3.94. The molecule has 8 heteroatoms. The van der Waals surface area contributed by atoms with Crippen molar-refractivity contribution in [3.63, 3.8) is 0 Å². The monoisotopic (exact) mass is 399 g/mol. The fourth-order valence-corrected chi connectivity index (χ4v) is 3.02. The zero-order chi connectivity index (χ0) is 21.0. The van der Waals surface area contributed by atoms with Crippen LogP contribution in [0.15, 0.2) is 36.4 Å². The Bertz CT molecular complexity index is 968. The van der Waals surface area contributed by atoms with Gasteiger partial charge < -0.3 is 18.9 Å². The van der Waals surface area contributed by atoms with Crippen molar-refractivity contribution >= 4 is 17.7 Å². The zero-order valence-electron chi connectivity index (χ0n) is 16.3. The van der Waals surface area contributed by atoms with Crippen molar-refractivity contribution < 1.29 is 28.7 Å². The van der Waals surface area contributed by atoms with Crippen molar-refractivity contribution in [2.45, 2.75) is 26.4 Å². The molecule has 1 atom stereocenters. The fraction of sp³-hybridized carbons (Fsp3) is 0.286. The van der Waals surface area contributed by atoms with Crippen molar-refractivity contribution in [1.82, 2.24) is 0 Å². The predicted molar refractivity (Wildman–Crippen MR) is 106 cm³/mol. The van der Waals surface area contributed by atoms with Gasteiger partial charge in [0.05, 0.1) is 24.7 Å². The Labute approximate surface area is 167 Å². The van der Waals surface area contributed by atoms with Crippen LogP contribution >= 0.6 is 0 Å². The second-order valence-electron chi connectivity index (χ2n) is 6.41. The van der Waals surface area contributed by atoms with Crippen molar-refractivity contribution in [1.29, 1.82) is 0 Å². The average molecular weight is 399 g/mol. The van der Waals surface area contributed by atoms with E-state index in [0.29, 0.717) is 23.7 Å². The van der Waals surface area contributed by atoms with Gasteiger partial charge in [0.25, 0.3) is 0 Å². The molecule has 1 aliphatic heterocycles. The lowest BCUT2D eigenvalue weighted by Crippen LogP contribution is -2.06. The van der Waals surface area contributed by atoms with Crippen molar-refractivity contribution in [3.05, 3.63) is 57.6 Å². The van der Waals surface area contributed by atoms with Gasteiger partial charge in [-0.2, -0.15) is 0 Å². The summed E-state index contributed by atoms with van der Waals surface area (Å²) in [5, 5.41) is 11.2. The Morgan fingerprint density at radius 2 is 2.10 bits per heavy atom. The molecule has 1 heterocycles. The Balaban J connectivity index is 1.81. The number of nitro benzene ring substituents is 1. The lowest BCUT2D eigenvalue weighted by Gasteiger charge is -2.10. The summed E-state index contributed by atoms with van der Waals surface area (Å²) in [6.07, 6.45) is 3.60. The van der Waals surface area contributed by atoms with E-state index in [0.717, 1.165) is 17.7 Å². The maximum atomic E-state index is 12.2. The van der Waals surface area contributed by atoms with Crippen LogP contribution in [0.4, 0.5) is 5.69 Å². The number of esters is 1. The van der Waals surface area contributed by atoms with Gasteiger partial charge in [-0.15, -0.1) is 0 Å². The van der Waals surface area contributed by atoms with Gasteiger partial charge >= 0.3 is 11.7 Å². The van der Waals surface area contributed by atoms with E-state index in [2.05, 4.69) is 0 Å². The summed E-state index contributed by atoms with van der Waals surface area (Å²) in [7, 11) is 1.39. The number of nitro groups is 1. The van der Waals surface area contributed by atoms with E-state index in [1.54, 1.807) is 0 Å². The van der Waals surface area contributed by atoms with Crippen LogP contribution in [0, 0.1) is 10.1 Å². The Kier molecular flexibility index (Phi) is 6.01. The number of fused-ring (bicyclic) bond motifs is 1. The molecule has 3 rings (SSSR count). The molecule has 0 N–H and O–H groups in total. The molecule has 0 spiro atoms. The van der Waals surface area contributed by atoms with Crippen LogP contribution in [-0.2, 0) is 11.2 Å². The van der Waals surface area contributed by atoms with Gasteiger partial charge in [0, 0.05) is 23.6 Å². The smallest absolute Gasteiger partial charge is 0.336 e. The van der Waals surface area contributed by atoms with Crippen molar-refractivity contribution in [2.75, 3.05) is 13.7 Å². The van der Waals surface area contributed by atoms with Crippen LogP contribution in [-0.4, -0.2) is 30.7 Å². The van der Waals surface area contributed by atoms with Crippen LogP contribution in [0.3, 0.4) is 0 Å². The maximum Gasteiger partial charge on any atom is 0.336 e. The first kappa shape index (κ1) is 20.2. The van der Waals surface area contributed by atoms with Gasteiger partial charge in [-0.3, -0.25) is 10.1 Å². The molecule has 2 aromatic carbocycles. The SMILES string of the molecule is CCOc1cc2c(cc1/C=C/C(=O)Oc1ccc(OC)cc1[N+](=O)[O-])OC(C)C2. The molecule has 0 radical (unpaired) electrons. The minimum absolute atomic E-state index is 0.0827. The van der Waals surface area contributed by atoms with E-state index in [9.17, 15) is 14.9 Å². The zero-order valence-corrected chi connectivity index (χ0v) is 16.3. The first-order valence-electron chi connectivity index (χ1n) is 9.10. The van der Waals surface area contributed by atoms with Crippen LogP contribution in [0.2, 0.25) is 0 Å². The highest BCUT2D eigenvalue weighted by molar-refractivity contribution is 5.90. The second kappa shape index (κ2) is 8.64. The summed E-state index contributed by atoms with van der Waals surface area (Å²) in [4.78, 5) is 22.8. The molecule has 2 aromatic rings. The Morgan fingerprint density at radius 3 is 2.79 bits per heavy atom. The van der Waals surface area contributed by atoms with Gasteiger partial charge in [0.15, 0.2) is 0 Å².